The van der Waals surface area contributed by atoms with Gasteiger partial charge in [0.2, 0.25) is 0 Å². The number of rotatable bonds is 4. The van der Waals surface area contributed by atoms with Crippen molar-refractivity contribution < 1.29 is 19.1 Å². The van der Waals surface area contributed by atoms with E-state index in [4.69, 9.17) is 9.47 Å². The van der Waals surface area contributed by atoms with E-state index in [-0.39, 0.29) is 22.8 Å². The number of ether oxygens (including phenoxy) is 2. The van der Waals surface area contributed by atoms with Crippen LogP contribution in [0, 0.1) is 34.5 Å². The lowest BCUT2D eigenvalue weighted by atomic mass is 9.60. The van der Waals surface area contributed by atoms with Crippen LogP contribution in [-0.4, -0.2) is 24.1 Å². The molecule has 0 amide bonds. The zero-order chi connectivity index (χ0) is 22.1. The van der Waals surface area contributed by atoms with Crippen LogP contribution in [0.25, 0.3) is 0 Å². The highest BCUT2D eigenvalue weighted by Crippen LogP contribution is 2.77. The minimum atomic E-state index is -0.423. The largest absolute Gasteiger partial charge is 0.454 e. The number of carbonyl (C=O) groups is 2. The van der Waals surface area contributed by atoms with Crippen LogP contribution in [0.1, 0.15) is 60.2 Å². The Kier molecular flexibility index (Phi) is 4.34. The van der Waals surface area contributed by atoms with Gasteiger partial charge in [-0.15, -0.1) is 0 Å². The second kappa shape index (κ2) is 6.94. The molecule has 0 spiro atoms. The molecule has 32 heavy (non-hydrogen) atoms. The quantitative estimate of drug-likeness (QED) is 0.473. The van der Waals surface area contributed by atoms with E-state index in [0.717, 1.165) is 6.42 Å². The average Bonchev–Trinajstić information content (AvgIpc) is 3.53. The van der Waals surface area contributed by atoms with E-state index in [1.807, 2.05) is 36.4 Å². The molecule has 166 valence electrons. The maximum atomic E-state index is 13.1. The van der Waals surface area contributed by atoms with Crippen molar-refractivity contribution in [3.63, 3.8) is 0 Å². The molecule has 6 rings (SSSR count). The summed E-state index contributed by atoms with van der Waals surface area (Å²) in [7, 11) is 0. The summed E-state index contributed by atoms with van der Waals surface area (Å²) < 4.78 is 12.5. The van der Waals surface area contributed by atoms with Crippen LogP contribution in [0.2, 0.25) is 0 Å². The number of carbonyl (C=O) groups excluding carboxylic acids is 2. The fourth-order valence-electron chi connectivity index (χ4n) is 8.43. The van der Waals surface area contributed by atoms with E-state index in [2.05, 4.69) is 13.8 Å². The van der Waals surface area contributed by atoms with Crippen molar-refractivity contribution in [2.45, 2.75) is 51.7 Å². The van der Waals surface area contributed by atoms with Gasteiger partial charge < -0.3 is 9.47 Å². The van der Waals surface area contributed by atoms with E-state index in [1.54, 1.807) is 24.3 Å². The first kappa shape index (κ1) is 20.0. The van der Waals surface area contributed by atoms with Gasteiger partial charge in [-0.2, -0.15) is 0 Å². The molecule has 0 heterocycles. The second-order valence-electron chi connectivity index (χ2n) is 11.0. The smallest absolute Gasteiger partial charge is 0.338 e. The van der Waals surface area contributed by atoms with Gasteiger partial charge in [-0.3, -0.25) is 0 Å². The molecule has 0 aliphatic heterocycles. The van der Waals surface area contributed by atoms with Crippen LogP contribution in [0.3, 0.4) is 0 Å². The summed E-state index contributed by atoms with van der Waals surface area (Å²) in [5.74, 6) is 1.86. The van der Waals surface area contributed by atoms with E-state index in [0.29, 0.717) is 34.8 Å². The number of benzene rings is 2. The highest BCUT2D eigenvalue weighted by molar-refractivity contribution is 5.90. The van der Waals surface area contributed by atoms with Crippen molar-refractivity contribution in [2.24, 2.45) is 34.5 Å². The van der Waals surface area contributed by atoms with Crippen molar-refractivity contribution in [1.29, 1.82) is 0 Å². The van der Waals surface area contributed by atoms with E-state index in [1.165, 1.54) is 19.3 Å². The lowest BCUT2D eigenvalue weighted by Gasteiger charge is -2.50. The first-order valence-corrected chi connectivity index (χ1v) is 11.9. The summed E-state index contributed by atoms with van der Waals surface area (Å²) in [5.41, 5.74) is 0.764. The Labute approximate surface area is 189 Å². The molecule has 0 aromatic heterocycles. The van der Waals surface area contributed by atoms with Gasteiger partial charge in [-0.05, 0) is 73.6 Å². The van der Waals surface area contributed by atoms with Gasteiger partial charge in [0, 0.05) is 10.8 Å². The average molecular weight is 431 g/mol. The minimum Gasteiger partial charge on any atom is -0.454 e. The number of fused-ring (bicyclic) bond motifs is 9. The van der Waals surface area contributed by atoms with E-state index < -0.39 is 12.2 Å². The lowest BCUT2D eigenvalue weighted by molar-refractivity contribution is -0.138. The van der Waals surface area contributed by atoms with E-state index in [9.17, 15) is 9.59 Å². The third-order valence-corrected chi connectivity index (χ3v) is 9.26. The standard InChI is InChI=1S/C28H30O4/c1-27-16-28(2,22-20-14-13-19(15-20)21(22)27)24(32-26(30)18-11-7-4-8-12-18)23(27)31-25(29)17-9-5-3-6-10-17/h3-12,19-24H,13-16H2,1-2H3. The normalized spacial score (nSPS) is 40.8. The molecular weight excluding hydrogens is 400 g/mol. The molecule has 4 fully saturated rings. The SMILES string of the molecule is CC12CC(C)(C(OC(=O)c3ccccc3)C1OC(=O)c1ccccc1)C1C3CCC(C3)C12. The fourth-order valence-corrected chi connectivity index (χ4v) is 8.43. The predicted octanol–water partition coefficient (Wildman–Crippen LogP) is 5.53. The van der Waals surface area contributed by atoms with Crippen molar-refractivity contribution in [1.82, 2.24) is 0 Å². The fraction of sp³-hybridized carbons (Fsp3) is 0.500. The highest BCUT2D eigenvalue weighted by Gasteiger charge is 2.78. The Balaban J connectivity index is 1.36. The summed E-state index contributed by atoms with van der Waals surface area (Å²) in [5, 5.41) is 0. The Morgan fingerprint density at radius 3 is 1.53 bits per heavy atom. The molecule has 4 heteroatoms. The third kappa shape index (κ3) is 2.68. The second-order valence-corrected chi connectivity index (χ2v) is 11.0. The first-order chi connectivity index (χ1) is 15.4. The Hall–Kier alpha value is -2.62. The Morgan fingerprint density at radius 2 is 1.12 bits per heavy atom. The third-order valence-electron chi connectivity index (χ3n) is 9.26. The summed E-state index contributed by atoms with van der Waals surface area (Å²) in [4.78, 5) is 26.2. The molecular formula is C28H30O4. The minimum absolute atomic E-state index is 0.161. The summed E-state index contributed by atoms with van der Waals surface area (Å²) >= 11 is 0. The van der Waals surface area contributed by atoms with Gasteiger partial charge >= 0.3 is 11.9 Å². The maximum Gasteiger partial charge on any atom is 0.338 e. The van der Waals surface area contributed by atoms with E-state index >= 15 is 0 Å². The van der Waals surface area contributed by atoms with Crippen molar-refractivity contribution >= 4 is 11.9 Å². The van der Waals surface area contributed by atoms with Gasteiger partial charge in [0.25, 0.3) is 0 Å². The molecule has 2 aromatic rings. The van der Waals surface area contributed by atoms with Gasteiger partial charge in [0.05, 0.1) is 11.1 Å². The zero-order valence-electron chi connectivity index (χ0n) is 18.7. The number of hydrogen-bond donors (Lipinski definition) is 0. The molecule has 0 saturated heterocycles. The molecule has 8 atom stereocenters. The summed E-state index contributed by atoms with van der Waals surface area (Å²) in [6, 6.07) is 18.3. The van der Waals surface area contributed by atoms with Crippen LogP contribution in [0.5, 0.6) is 0 Å². The summed E-state index contributed by atoms with van der Waals surface area (Å²) in [6.45, 7) is 4.58. The van der Waals surface area contributed by atoms with Crippen LogP contribution in [0.15, 0.2) is 60.7 Å². The Morgan fingerprint density at radius 1 is 0.719 bits per heavy atom. The molecule has 4 aliphatic carbocycles. The van der Waals surface area contributed by atoms with Crippen molar-refractivity contribution in [3.8, 4) is 0 Å². The highest BCUT2D eigenvalue weighted by atomic mass is 16.6. The molecule has 0 radical (unpaired) electrons. The lowest BCUT2D eigenvalue weighted by Crippen LogP contribution is -2.55. The monoisotopic (exact) mass is 430 g/mol. The van der Waals surface area contributed by atoms with Gasteiger partial charge in [-0.1, -0.05) is 50.2 Å². The van der Waals surface area contributed by atoms with Crippen molar-refractivity contribution in [3.05, 3.63) is 71.8 Å². The topological polar surface area (TPSA) is 52.6 Å². The van der Waals surface area contributed by atoms with Crippen molar-refractivity contribution in [2.75, 3.05) is 0 Å². The molecule has 4 nitrogen and oxygen atoms in total. The van der Waals surface area contributed by atoms with Gasteiger partial charge in [0.15, 0.2) is 0 Å². The Bertz CT molecular complexity index is 966. The van der Waals surface area contributed by atoms with Crippen LogP contribution in [0.4, 0.5) is 0 Å². The van der Waals surface area contributed by atoms with Crippen LogP contribution >= 0.6 is 0 Å². The van der Waals surface area contributed by atoms with Gasteiger partial charge in [-0.25, -0.2) is 9.59 Å². The molecule has 0 N–H and O–H groups in total. The zero-order valence-corrected chi connectivity index (χ0v) is 18.7. The molecule has 4 aliphatic rings. The molecule has 4 bridgehead atoms. The first-order valence-electron chi connectivity index (χ1n) is 11.9. The summed E-state index contributed by atoms with van der Waals surface area (Å²) in [6.07, 6.45) is 3.94. The number of esters is 2. The molecule has 8 unspecified atom stereocenters. The van der Waals surface area contributed by atoms with Crippen LogP contribution < -0.4 is 0 Å². The number of hydrogen-bond acceptors (Lipinski definition) is 4. The molecule has 2 aromatic carbocycles. The molecule has 4 saturated carbocycles. The maximum absolute atomic E-state index is 13.1. The predicted molar refractivity (Wildman–Crippen MR) is 120 cm³/mol. The van der Waals surface area contributed by atoms with Crippen LogP contribution in [-0.2, 0) is 9.47 Å². The van der Waals surface area contributed by atoms with Gasteiger partial charge in [0.1, 0.15) is 12.2 Å².